The molecule has 2 aromatic heterocycles. The Morgan fingerprint density at radius 3 is 2.28 bits per heavy atom. The Labute approximate surface area is 187 Å². The number of aromatic nitrogens is 3. The van der Waals surface area contributed by atoms with Crippen molar-refractivity contribution in [3.05, 3.63) is 115 Å². The number of nitrogens with one attached hydrogen (secondary N) is 1. The molecule has 0 spiro atoms. The zero-order chi connectivity index (χ0) is 21.6. The van der Waals surface area contributed by atoms with E-state index in [9.17, 15) is 0 Å². The smallest absolute Gasteiger partial charge is 0.227 e. The fraction of sp³-hybridized carbons (Fsp3) is 0.0741. The molecule has 0 aliphatic heterocycles. The molecule has 2 heterocycles. The van der Waals surface area contributed by atoms with E-state index in [0.717, 1.165) is 46.9 Å². The minimum atomic E-state index is 0.540. The second kappa shape index (κ2) is 9.27. The number of para-hydroxylation sites is 3. The molecule has 156 valence electrons. The molecule has 0 saturated carbocycles. The van der Waals surface area contributed by atoms with E-state index in [1.165, 1.54) is 0 Å². The van der Waals surface area contributed by atoms with Crippen molar-refractivity contribution >= 4 is 23.0 Å². The summed E-state index contributed by atoms with van der Waals surface area (Å²) in [6.07, 6.45) is 14.1. The highest BCUT2D eigenvalue weighted by atomic mass is 15.2. The van der Waals surface area contributed by atoms with Crippen molar-refractivity contribution in [1.82, 2.24) is 15.0 Å². The van der Waals surface area contributed by atoms with Gasteiger partial charge in [-0.1, -0.05) is 48.6 Å². The minimum Gasteiger partial charge on any atom is -0.322 e. The highest BCUT2D eigenvalue weighted by molar-refractivity contribution is 5.82. The predicted molar refractivity (Wildman–Crippen MR) is 130 cm³/mol. The number of allylic oxidation sites excluding steroid dienone is 3. The number of rotatable bonds is 6. The molecule has 0 saturated heterocycles. The van der Waals surface area contributed by atoms with Crippen molar-refractivity contribution in [3.63, 3.8) is 0 Å². The van der Waals surface area contributed by atoms with E-state index in [0.29, 0.717) is 5.95 Å². The predicted octanol–water partition coefficient (Wildman–Crippen LogP) is 6.65. The highest BCUT2D eigenvalue weighted by Crippen LogP contribution is 2.37. The van der Waals surface area contributed by atoms with Gasteiger partial charge in [0.25, 0.3) is 0 Å². The minimum absolute atomic E-state index is 0.540. The maximum Gasteiger partial charge on any atom is 0.227 e. The summed E-state index contributed by atoms with van der Waals surface area (Å²) in [6, 6.07) is 24.4. The molecule has 0 amide bonds. The monoisotopic (exact) mass is 417 g/mol. The summed E-state index contributed by atoms with van der Waals surface area (Å²) in [6.45, 7) is 0. The summed E-state index contributed by atoms with van der Waals surface area (Å²) in [5.41, 5.74) is 5.96. The standard InChI is InChI=1S/C27H23N5/c1-3-11-22(12-4-1)32(23-13-5-2-6-14-23)26-17-8-7-16-25(26)31-27-29-19-21(20-30-27)24-15-9-10-18-28-24/h1,3-5,7-20H,2,6H2,(H,29,30,31). The molecule has 5 heteroatoms. The average Bonchev–Trinajstić information content (AvgIpc) is 2.88. The molecule has 0 fully saturated rings. The second-order valence-corrected chi connectivity index (χ2v) is 7.43. The van der Waals surface area contributed by atoms with Gasteiger partial charge in [-0.3, -0.25) is 4.98 Å². The molecule has 0 unspecified atom stereocenters. The Morgan fingerprint density at radius 1 is 0.750 bits per heavy atom. The third kappa shape index (κ3) is 4.27. The molecule has 1 N–H and O–H groups in total. The van der Waals surface area contributed by atoms with Gasteiger partial charge in [0.05, 0.1) is 17.1 Å². The topological polar surface area (TPSA) is 53.9 Å². The first kappa shape index (κ1) is 19.7. The molecule has 4 aromatic rings. The van der Waals surface area contributed by atoms with Gasteiger partial charge in [-0.15, -0.1) is 0 Å². The Balaban J connectivity index is 1.49. The quantitative estimate of drug-likeness (QED) is 0.380. The van der Waals surface area contributed by atoms with Crippen LogP contribution in [0.4, 0.5) is 23.0 Å². The number of pyridine rings is 1. The van der Waals surface area contributed by atoms with Crippen molar-refractivity contribution in [2.24, 2.45) is 0 Å². The summed E-state index contributed by atoms with van der Waals surface area (Å²) in [5, 5.41) is 3.40. The van der Waals surface area contributed by atoms with E-state index in [1.807, 2.05) is 36.4 Å². The zero-order valence-electron chi connectivity index (χ0n) is 17.6. The number of benzene rings is 2. The van der Waals surface area contributed by atoms with Gasteiger partial charge in [0.1, 0.15) is 0 Å². The maximum absolute atomic E-state index is 4.53. The van der Waals surface area contributed by atoms with Crippen molar-refractivity contribution in [2.45, 2.75) is 12.8 Å². The molecular formula is C27H23N5. The molecule has 2 aromatic carbocycles. The van der Waals surface area contributed by atoms with Crippen LogP contribution in [-0.4, -0.2) is 15.0 Å². The molecule has 0 radical (unpaired) electrons. The van der Waals surface area contributed by atoms with E-state index in [2.05, 4.69) is 79.8 Å². The molecule has 5 rings (SSSR count). The van der Waals surface area contributed by atoms with Crippen molar-refractivity contribution < 1.29 is 0 Å². The normalized spacial score (nSPS) is 12.8. The first-order valence-corrected chi connectivity index (χ1v) is 10.7. The lowest BCUT2D eigenvalue weighted by atomic mass is 10.1. The van der Waals surface area contributed by atoms with Crippen molar-refractivity contribution in [2.75, 3.05) is 10.2 Å². The van der Waals surface area contributed by atoms with Gasteiger partial charge < -0.3 is 10.2 Å². The van der Waals surface area contributed by atoms with Gasteiger partial charge in [0, 0.05) is 35.5 Å². The molecule has 5 nitrogen and oxygen atoms in total. The summed E-state index contributed by atoms with van der Waals surface area (Å²) in [4.78, 5) is 15.7. The lowest BCUT2D eigenvalue weighted by Crippen LogP contribution is -2.17. The zero-order valence-corrected chi connectivity index (χ0v) is 17.6. The van der Waals surface area contributed by atoms with E-state index in [1.54, 1.807) is 18.6 Å². The Morgan fingerprint density at radius 2 is 1.53 bits per heavy atom. The fourth-order valence-corrected chi connectivity index (χ4v) is 3.72. The third-order valence-electron chi connectivity index (χ3n) is 5.25. The van der Waals surface area contributed by atoms with Crippen molar-refractivity contribution in [3.8, 4) is 11.3 Å². The summed E-state index contributed by atoms with van der Waals surface area (Å²) in [7, 11) is 0. The number of nitrogens with zero attached hydrogens (tertiary/aromatic N) is 4. The van der Waals surface area contributed by atoms with Crippen LogP contribution in [0.3, 0.4) is 0 Å². The van der Waals surface area contributed by atoms with E-state index >= 15 is 0 Å². The van der Waals surface area contributed by atoms with Crippen LogP contribution in [0.15, 0.2) is 115 Å². The summed E-state index contributed by atoms with van der Waals surface area (Å²) in [5.74, 6) is 0.540. The number of anilines is 4. The lowest BCUT2D eigenvalue weighted by molar-refractivity contribution is 0.997. The van der Waals surface area contributed by atoms with Crippen LogP contribution >= 0.6 is 0 Å². The van der Waals surface area contributed by atoms with Crippen LogP contribution in [0.2, 0.25) is 0 Å². The average molecular weight is 418 g/mol. The first-order valence-electron chi connectivity index (χ1n) is 10.7. The number of hydrogen-bond acceptors (Lipinski definition) is 5. The first-order chi connectivity index (χ1) is 15.9. The summed E-state index contributed by atoms with van der Waals surface area (Å²) < 4.78 is 0. The number of hydrogen-bond donors (Lipinski definition) is 1. The fourth-order valence-electron chi connectivity index (χ4n) is 3.72. The molecule has 0 bridgehead atoms. The molecule has 1 aliphatic carbocycles. The van der Waals surface area contributed by atoms with Crippen LogP contribution < -0.4 is 10.2 Å². The van der Waals surface area contributed by atoms with E-state index in [4.69, 9.17) is 0 Å². The van der Waals surface area contributed by atoms with E-state index < -0.39 is 0 Å². The highest BCUT2D eigenvalue weighted by Gasteiger charge is 2.17. The molecular weight excluding hydrogens is 394 g/mol. The Kier molecular flexibility index (Phi) is 5.70. The van der Waals surface area contributed by atoms with Crippen LogP contribution in [0, 0.1) is 0 Å². The molecule has 0 atom stereocenters. The van der Waals surface area contributed by atoms with Crippen LogP contribution in [0.1, 0.15) is 12.8 Å². The van der Waals surface area contributed by atoms with Gasteiger partial charge in [-0.2, -0.15) is 0 Å². The van der Waals surface area contributed by atoms with Gasteiger partial charge in [-0.25, -0.2) is 9.97 Å². The Hall–Kier alpha value is -4.25. The van der Waals surface area contributed by atoms with Gasteiger partial charge in [0.15, 0.2) is 0 Å². The van der Waals surface area contributed by atoms with Crippen molar-refractivity contribution in [1.29, 1.82) is 0 Å². The van der Waals surface area contributed by atoms with Crippen LogP contribution in [0.25, 0.3) is 11.3 Å². The van der Waals surface area contributed by atoms with Gasteiger partial charge in [-0.05, 0) is 55.3 Å². The Bertz CT molecular complexity index is 1230. The maximum atomic E-state index is 4.53. The van der Waals surface area contributed by atoms with Gasteiger partial charge >= 0.3 is 0 Å². The second-order valence-electron chi connectivity index (χ2n) is 7.43. The van der Waals surface area contributed by atoms with Crippen LogP contribution in [0.5, 0.6) is 0 Å². The lowest BCUT2D eigenvalue weighted by Gasteiger charge is -2.29. The van der Waals surface area contributed by atoms with E-state index in [-0.39, 0.29) is 0 Å². The van der Waals surface area contributed by atoms with Gasteiger partial charge in [0.2, 0.25) is 5.95 Å². The molecule has 1 aliphatic rings. The molecule has 32 heavy (non-hydrogen) atoms. The largest absolute Gasteiger partial charge is 0.322 e. The summed E-state index contributed by atoms with van der Waals surface area (Å²) >= 11 is 0. The van der Waals surface area contributed by atoms with Crippen LogP contribution in [-0.2, 0) is 0 Å². The SMILES string of the molecule is C1=CC(N(c2ccccc2)c2ccccc2Nc2ncc(-c3ccccn3)cn2)=CCC1. The third-order valence-corrected chi connectivity index (χ3v) is 5.25.